The number of sulfonamides is 1. The molecule has 0 aliphatic rings. The van der Waals surface area contributed by atoms with E-state index in [0.29, 0.717) is 24.5 Å². The summed E-state index contributed by atoms with van der Waals surface area (Å²) in [6.45, 7) is 6.92. The maximum Gasteiger partial charge on any atom is 0.261 e. The molecule has 0 unspecified atom stereocenters. The quantitative estimate of drug-likeness (QED) is 0.768. The first-order valence-electron chi connectivity index (χ1n) is 8.46. The Balaban J connectivity index is 2.01. The van der Waals surface area contributed by atoms with Gasteiger partial charge in [-0.15, -0.1) is 0 Å². The first-order chi connectivity index (χ1) is 12.4. The summed E-state index contributed by atoms with van der Waals surface area (Å²) < 4.78 is 32.8. The zero-order chi connectivity index (χ0) is 19.2. The first-order valence-corrected chi connectivity index (χ1v) is 9.94. The van der Waals surface area contributed by atoms with Crippen molar-refractivity contribution >= 4 is 21.6 Å². The van der Waals surface area contributed by atoms with E-state index >= 15 is 0 Å². The molecule has 6 nitrogen and oxygen atoms in total. The second-order valence-electron chi connectivity index (χ2n) is 5.80. The number of ether oxygens (including phenoxy) is 1. The second-order valence-corrected chi connectivity index (χ2v) is 7.48. The van der Waals surface area contributed by atoms with Crippen LogP contribution in [0.5, 0.6) is 5.75 Å². The average Bonchev–Trinajstić information content (AvgIpc) is 2.63. The molecule has 0 fully saturated rings. The predicted molar refractivity (Wildman–Crippen MR) is 102 cm³/mol. The molecular formula is C19H24N2O4S. The van der Waals surface area contributed by atoms with Gasteiger partial charge in [-0.1, -0.05) is 17.7 Å². The minimum atomic E-state index is -3.68. The number of rotatable bonds is 8. The van der Waals surface area contributed by atoms with Crippen LogP contribution < -0.4 is 9.46 Å². The van der Waals surface area contributed by atoms with Gasteiger partial charge in [0.1, 0.15) is 5.75 Å². The Labute approximate surface area is 154 Å². The van der Waals surface area contributed by atoms with E-state index in [-0.39, 0.29) is 17.4 Å². The van der Waals surface area contributed by atoms with Gasteiger partial charge in [0.25, 0.3) is 15.9 Å². The van der Waals surface area contributed by atoms with Gasteiger partial charge >= 0.3 is 0 Å². The normalized spacial score (nSPS) is 11.0. The van der Waals surface area contributed by atoms with E-state index in [1.807, 2.05) is 32.9 Å². The zero-order valence-corrected chi connectivity index (χ0v) is 16.0. The first kappa shape index (κ1) is 19.8. The van der Waals surface area contributed by atoms with Crippen molar-refractivity contribution in [2.45, 2.75) is 25.7 Å². The number of benzene rings is 2. The molecule has 0 atom stereocenters. The highest BCUT2D eigenvalue weighted by Gasteiger charge is 2.15. The van der Waals surface area contributed by atoms with Crippen molar-refractivity contribution in [1.82, 2.24) is 4.90 Å². The highest BCUT2D eigenvalue weighted by atomic mass is 32.2. The maximum atomic E-state index is 12.4. The van der Waals surface area contributed by atoms with Crippen molar-refractivity contribution in [2.24, 2.45) is 0 Å². The van der Waals surface area contributed by atoms with Crippen LogP contribution >= 0.6 is 0 Å². The largest absolute Gasteiger partial charge is 0.484 e. The molecule has 2 rings (SSSR count). The van der Waals surface area contributed by atoms with Crippen molar-refractivity contribution in [3.05, 3.63) is 54.1 Å². The third kappa shape index (κ3) is 5.23. The minimum Gasteiger partial charge on any atom is -0.484 e. The van der Waals surface area contributed by atoms with Crippen molar-refractivity contribution in [1.29, 1.82) is 0 Å². The Morgan fingerprint density at radius 1 is 1.00 bits per heavy atom. The fourth-order valence-electron chi connectivity index (χ4n) is 2.36. The summed E-state index contributed by atoms with van der Waals surface area (Å²) in [5.41, 5.74) is 1.55. The number of carbonyl (C=O) groups is 1. The molecule has 140 valence electrons. The van der Waals surface area contributed by atoms with Crippen molar-refractivity contribution < 1.29 is 17.9 Å². The lowest BCUT2D eigenvalue weighted by Gasteiger charge is -2.18. The minimum absolute atomic E-state index is 0.0740. The molecule has 0 bridgehead atoms. The van der Waals surface area contributed by atoms with E-state index < -0.39 is 10.0 Å². The molecule has 2 aromatic carbocycles. The summed E-state index contributed by atoms with van der Waals surface area (Å²) in [5, 5.41) is 0. The van der Waals surface area contributed by atoms with E-state index in [1.54, 1.807) is 29.2 Å². The number of carbonyl (C=O) groups excluding carboxylic acids is 1. The van der Waals surface area contributed by atoms with Crippen molar-refractivity contribution in [3.63, 3.8) is 0 Å². The third-order valence-electron chi connectivity index (χ3n) is 3.92. The number of nitrogens with one attached hydrogen (secondary N) is 1. The molecule has 7 heteroatoms. The zero-order valence-electron chi connectivity index (χ0n) is 15.2. The van der Waals surface area contributed by atoms with Crippen LogP contribution in [0.25, 0.3) is 0 Å². The third-order valence-corrected chi connectivity index (χ3v) is 5.31. The van der Waals surface area contributed by atoms with Crippen molar-refractivity contribution in [2.75, 3.05) is 24.4 Å². The lowest BCUT2D eigenvalue weighted by Crippen LogP contribution is -2.34. The molecule has 0 radical (unpaired) electrons. The van der Waals surface area contributed by atoms with Gasteiger partial charge in [0.15, 0.2) is 6.61 Å². The Morgan fingerprint density at radius 2 is 1.58 bits per heavy atom. The van der Waals surface area contributed by atoms with Crippen LogP contribution in [-0.4, -0.2) is 38.9 Å². The van der Waals surface area contributed by atoms with Crippen LogP contribution in [0.1, 0.15) is 19.4 Å². The number of likely N-dealkylation sites (N-methyl/N-ethyl adjacent to an activating group) is 1. The van der Waals surface area contributed by atoms with E-state index in [9.17, 15) is 13.2 Å². The summed E-state index contributed by atoms with van der Waals surface area (Å²) in [5.74, 6) is 0.340. The van der Waals surface area contributed by atoms with Gasteiger partial charge < -0.3 is 9.64 Å². The van der Waals surface area contributed by atoms with E-state index in [1.165, 1.54) is 12.1 Å². The molecule has 0 saturated heterocycles. The van der Waals surface area contributed by atoms with Crippen LogP contribution in [0.3, 0.4) is 0 Å². The molecule has 26 heavy (non-hydrogen) atoms. The smallest absolute Gasteiger partial charge is 0.261 e. The monoisotopic (exact) mass is 376 g/mol. The average molecular weight is 376 g/mol. The van der Waals surface area contributed by atoms with Crippen LogP contribution in [0, 0.1) is 6.92 Å². The Hall–Kier alpha value is -2.54. The Bertz CT molecular complexity index is 827. The molecule has 0 aliphatic heterocycles. The van der Waals surface area contributed by atoms with Gasteiger partial charge in [0.05, 0.1) is 4.90 Å². The van der Waals surface area contributed by atoms with Gasteiger partial charge in [0.2, 0.25) is 0 Å². The van der Waals surface area contributed by atoms with Crippen LogP contribution in [0.4, 0.5) is 5.69 Å². The highest BCUT2D eigenvalue weighted by molar-refractivity contribution is 7.92. The fraction of sp³-hybridized carbons (Fsp3) is 0.316. The number of nitrogens with zero attached hydrogens (tertiary/aromatic N) is 1. The summed E-state index contributed by atoms with van der Waals surface area (Å²) in [4.78, 5) is 13.7. The molecule has 1 N–H and O–H groups in total. The molecular weight excluding hydrogens is 352 g/mol. The molecule has 0 saturated carbocycles. The van der Waals surface area contributed by atoms with Gasteiger partial charge in [-0.25, -0.2) is 8.42 Å². The topological polar surface area (TPSA) is 75.7 Å². The summed E-state index contributed by atoms with van der Waals surface area (Å²) in [6, 6.07) is 13.1. The summed E-state index contributed by atoms with van der Waals surface area (Å²) >= 11 is 0. The SMILES string of the molecule is CCN(CC)C(=O)COc1ccc(S(=O)(=O)Nc2ccc(C)cc2)cc1. The second kappa shape index (κ2) is 8.71. The van der Waals surface area contributed by atoms with Gasteiger partial charge in [-0.2, -0.15) is 0 Å². The van der Waals surface area contributed by atoms with Crippen LogP contribution in [0.15, 0.2) is 53.4 Å². The summed E-state index contributed by atoms with van der Waals surface area (Å²) in [7, 11) is -3.68. The standard InChI is InChI=1S/C19H24N2O4S/c1-4-21(5-2)19(22)14-25-17-10-12-18(13-11-17)26(23,24)20-16-8-6-15(3)7-9-16/h6-13,20H,4-5,14H2,1-3H3. The van der Waals surface area contributed by atoms with Gasteiger partial charge in [0, 0.05) is 18.8 Å². The Morgan fingerprint density at radius 3 is 2.12 bits per heavy atom. The molecule has 0 heterocycles. The number of hydrogen-bond acceptors (Lipinski definition) is 4. The Kier molecular flexibility index (Phi) is 6.63. The number of hydrogen-bond donors (Lipinski definition) is 1. The van der Waals surface area contributed by atoms with Gasteiger partial charge in [-0.3, -0.25) is 9.52 Å². The molecule has 1 amide bonds. The maximum absolute atomic E-state index is 12.4. The molecule has 2 aromatic rings. The fourth-order valence-corrected chi connectivity index (χ4v) is 3.42. The van der Waals surface area contributed by atoms with Crippen LogP contribution in [-0.2, 0) is 14.8 Å². The van der Waals surface area contributed by atoms with Crippen molar-refractivity contribution in [3.8, 4) is 5.75 Å². The van der Waals surface area contributed by atoms with Gasteiger partial charge in [-0.05, 0) is 57.2 Å². The number of anilines is 1. The molecule has 0 aliphatic carbocycles. The summed E-state index contributed by atoms with van der Waals surface area (Å²) in [6.07, 6.45) is 0. The van der Waals surface area contributed by atoms with E-state index in [0.717, 1.165) is 5.56 Å². The van der Waals surface area contributed by atoms with E-state index in [4.69, 9.17) is 4.74 Å². The highest BCUT2D eigenvalue weighted by Crippen LogP contribution is 2.19. The lowest BCUT2D eigenvalue weighted by molar-refractivity contribution is -0.132. The lowest BCUT2D eigenvalue weighted by atomic mass is 10.2. The molecule has 0 aromatic heterocycles. The molecule has 0 spiro atoms. The predicted octanol–water partition coefficient (Wildman–Crippen LogP) is 3.04. The number of amides is 1. The van der Waals surface area contributed by atoms with E-state index in [2.05, 4.69) is 4.72 Å². The van der Waals surface area contributed by atoms with Crippen LogP contribution in [0.2, 0.25) is 0 Å². The number of aryl methyl sites for hydroxylation is 1.